The van der Waals surface area contributed by atoms with Crippen molar-refractivity contribution >= 4 is 51.7 Å². The van der Waals surface area contributed by atoms with E-state index in [9.17, 15) is 29.1 Å². The fourth-order valence-corrected chi connectivity index (χ4v) is 5.21. The minimum atomic E-state index is -1.35. The highest BCUT2D eigenvalue weighted by Crippen LogP contribution is 2.40. The predicted octanol–water partition coefficient (Wildman–Crippen LogP) is 0.860. The molecule has 2 aliphatic heterocycles. The average Bonchev–Trinajstić information content (AvgIpc) is 3.22. The van der Waals surface area contributed by atoms with Gasteiger partial charge in [0.05, 0.1) is 0 Å². The van der Waals surface area contributed by atoms with Crippen LogP contribution in [0.1, 0.15) is 5.69 Å². The number of thioether (sulfide) groups is 1. The summed E-state index contributed by atoms with van der Waals surface area (Å²) in [7, 11) is 0. The quantitative estimate of drug-likeness (QED) is 0.189. The van der Waals surface area contributed by atoms with E-state index in [1.165, 1.54) is 35.3 Å². The van der Waals surface area contributed by atoms with Crippen molar-refractivity contribution in [1.82, 2.24) is 15.2 Å². The lowest BCUT2D eigenvalue weighted by Gasteiger charge is -2.49. The maximum Gasteiger partial charge on any atom is 0.352 e. The van der Waals surface area contributed by atoms with Crippen LogP contribution in [0.3, 0.4) is 0 Å². The number of oxime groups is 1. The number of carboxylic acid groups (broad SMARTS) is 1. The van der Waals surface area contributed by atoms with Gasteiger partial charge in [-0.1, -0.05) is 17.3 Å². The summed E-state index contributed by atoms with van der Waals surface area (Å²) in [6.07, 6.45) is 0. The topological polar surface area (TPSA) is 167 Å². The van der Waals surface area contributed by atoms with Crippen molar-refractivity contribution in [2.45, 2.75) is 11.4 Å². The van der Waals surface area contributed by atoms with Gasteiger partial charge in [0, 0.05) is 16.7 Å². The molecule has 1 saturated heterocycles. The van der Waals surface area contributed by atoms with Gasteiger partial charge < -0.3 is 26.1 Å². The molecule has 1 aromatic heterocycles. The van der Waals surface area contributed by atoms with Crippen molar-refractivity contribution in [3.05, 3.63) is 52.4 Å². The van der Waals surface area contributed by atoms with Gasteiger partial charge in [-0.3, -0.25) is 14.5 Å². The second-order valence-electron chi connectivity index (χ2n) is 6.86. The molecule has 4 rings (SSSR count). The number of nitrogens with one attached hydrogen (secondary N) is 1. The zero-order valence-corrected chi connectivity index (χ0v) is 18.2. The third-order valence-corrected chi connectivity index (χ3v) is 6.87. The number of aliphatic carboxylic acids is 1. The summed E-state index contributed by atoms with van der Waals surface area (Å²) in [5, 5.41) is 25.2. The number of rotatable bonds is 7. The number of aromatic nitrogens is 1. The molecule has 11 nitrogen and oxygen atoms in total. The summed E-state index contributed by atoms with van der Waals surface area (Å²) in [6.45, 7) is -0.227. The van der Waals surface area contributed by atoms with E-state index in [0.717, 1.165) is 16.2 Å². The summed E-state index contributed by atoms with van der Waals surface area (Å²) < 4.78 is 19.2. The Kier molecular flexibility index (Phi) is 6.20. The highest BCUT2D eigenvalue weighted by Gasteiger charge is 2.54. The molecule has 3 heterocycles. The first-order valence-corrected chi connectivity index (χ1v) is 11.3. The van der Waals surface area contributed by atoms with E-state index in [1.807, 2.05) is 0 Å². The molecule has 2 atom stereocenters. The molecular weight excluding hydrogens is 477 g/mol. The molecular formula is C19H16FN5O6S2. The molecule has 2 aromatic rings. The molecule has 1 fully saturated rings. The SMILES string of the molecule is Nc1nc(/C(=N/O)C(=O)N[C@@H]2C(=O)N3C(C(=O)O)=C(COc4ccccc4F)CS[C@H]23)cs1. The molecule has 14 heteroatoms. The number of halogens is 1. The molecule has 0 aliphatic carbocycles. The first kappa shape index (κ1) is 22.5. The van der Waals surface area contributed by atoms with E-state index >= 15 is 0 Å². The Balaban J connectivity index is 1.49. The molecule has 5 N–H and O–H groups in total. The predicted molar refractivity (Wildman–Crippen MR) is 116 cm³/mol. The van der Waals surface area contributed by atoms with Crippen molar-refractivity contribution in [2.24, 2.45) is 5.16 Å². The monoisotopic (exact) mass is 493 g/mol. The number of carboxylic acids is 1. The number of hydrogen-bond acceptors (Lipinski definition) is 10. The average molecular weight is 493 g/mol. The number of benzene rings is 1. The van der Waals surface area contributed by atoms with Gasteiger partial charge in [-0.25, -0.2) is 14.2 Å². The second kappa shape index (κ2) is 9.07. The minimum absolute atomic E-state index is 0.0381. The van der Waals surface area contributed by atoms with E-state index in [-0.39, 0.29) is 34.6 Å². The minimum Gasteiger partial charge on any atom is -0.486 e. The van der Waals surface area contributed by atoms with Crippen molar-refractivity contribution in [2.75, 3.05) is 18.1 Å². The Morgan fingerprint density at radius 2 is 2.15 bits per heavy atom. The highest BCUT2D eigenvalue weighted by atomic mass is 32.2. The zero-order valence-electron chi connectivity index (χ0n) is 16.6. The van der Waals surface area contributed by atoms with Crippen molar-refractivity contribution < 1.29 is 33.8 Å². The second-order valence-corrected chi connectivity index (χ2v) is 8.85. The highest BCUT2D eigenvalue weighted by molar-refractivity contribution is 8.00. The Labute approximate surface area is 193 Å². The molecule has 2 amide bonds. The van der Waals surface area contributed by atoms with E-state index in [4.69, 9.17) is 10.5 Å². The number of thiazole rings is 1. The summed E-state index contributed by atoms with van der Waals surface area (Å²) in [6, 6.07) is 4.65. The van der Waals surface area contributed by atoms with Crippen LogP contribution in [-0.4, -0.2) is 67.5 Å². The van der Waals surface area contributed by atoms with Gasteiger partial charge in [-0.05, 0) is 12.1 Å². The normalized spacial score (nSPS) is 20.2. The lowest BCUT2D eigenvalue weighted by atomic mass is 10.0. The number of nitrogen functional groups attached to an aromatic ring is 1. The Hall–Kier alpha value is -3.65. The Morgan fingerprint density at radius 1 is 1.39 bits per heavy atom. The van der Waals surface area contributed by atoms with Gasteiger partial charge in [-0.15, -0.1) is 23.1 Å². The summed E-state index contributed by atoms with van der Waals surface area (Å²) in [4.78, 5) is 42.1. The zero-order chi connectivity index (χ0) is 23.7. The number of carbonyl (C=O) groups is 3. The fraction of sp³-hybridized carbons (Fsp3) is 0.211. The fourth-order valence-electron chi connectivity index (χ4n) is 3.34. The first-order valence-electron chi connectivity index (χ1n) is 9.33. The summed E-state index contributed by atoms with van der Waals surface area (Å²) in [5.74, 6) is -3.32. The van der Waals surface area contributed by atoms with Crippen LogP contribution in [0.5, 0.6) is 5.75 Å². The van der Waals surface area contributed by atoms with Gasteiger partial charge in [-0.2, -0.15) is 0 Å². The van der Waals surface area contributed by atoms with Gasteiger partial charge in [0.15, 0.2) is 22.4 Å². The third kappa shape index (κ3) is 4.21. The molecule has 0 unspecified atom stereocenters. The van der Waals surface area contributed by atoms with E-state index in [2.05, 4.69) is 15.5 Å². The van der Waals surface area contributed by atoms with Gasteiger partial charge in [0.25, 0.3) is 11.8 Å². The third-order valence-electron chi connectivity index (χ3n) is 4.85. The van der Waals surface area contributed by atoms with Crippen LogP contribution in [0.4, 0.5) is 9.52 Å². The molecule has 33 heavy (non-hydrogen) atoms. The van der Waals surface area contributed by atoms with Crippen LogP contribution in [-0.2, 0) is 14.4 Å². The number of amides is 2. The standard InChI is InChI=1S/C19H16FN5O6S2/c20-9-3-1-2-4-11(9)31-5-8-6-32-17-13(16(27)25(17)14(8)18(28)29)23-15(26)12(24-30)10-7-33-19(21)22-10/h1-4,7,13,17,30H,5-6H2,(H2,21,22)(H,23,26)(H,28,29)/b24-12-/t13-,17-/m1/s1. The first-order chi connectivity index (χ1) is 15.8. The lowest BCUT2D eigenvalue weighted by Crippen LogP contribution is -2.71. The van der Waals surface area contributed by atoms with Gasteiger partial charge >= 0.3 is 5.97 Å². The van der Waals surface area contributed by atoms with Gasteiger partial charge in [0.1, 0.15) is 29.4 Å². The number of anilines is 1. The maximum atomic E-state index is 13.8. The van der Waals surface area contributed by atoms with Crippen LogP contribution >= 0.6 is 23.1 Å². The molecule has 0 radical (unpaired) electrons. The number of hydrogen-bond donors (Lipinski definition) is 4. The number of β-lactam (4-membered cyclic amide) rings is 1. The molecule has 172 valence electrons. The van der Waals surface area contributed by atoms with Crippen molar-refractivity contribution in [3.63, 3.8) is 0 Å². The summed E-state index contributed by atoms with van der Waals surface area (Å²) >= 11 is 2.25. The van der Waals surface area contributed by atoms with E-state index < -0.39 is 40.7 Å². The van der Waals surface area contributed by atoms with Crippen LogP contribution in [0.2, 0.25) is 0 Å². The lowest BCUT2D eigenvalue weighted by molar-refractivity contribution is -0.150. The van der Waals surface area contributed by atoms with Crippen LogP contribution in [0, 0.1) is 5.82 Å². The van der Waals surface area contributed by atoms with Crippen LogP contribution < -0.4 is 15.8 Å². The molecule has 0 saturated carbocycles. The molecule has 0 bridgehead atoms. The number of nitrogens with zero attached hydrogens (tertiary/aromatic N) is 3. The number of fused-ring (bicyclic) bond motifs is 1. The van der Waals surface area contributed by atoms with Crippen molar-refractivity contribution in [3.8, 4) is 5.75 Å². The molecule has 1 aromatic carbocycles. The van der Waals surface area contributed by atoms with Crippen molar-refractivity contribution in [1.29, 1.82) is 0 Å². The summed E-state index contributed by atoms with van der Waals surface area (Å²) in [5.41, 5.74) is 5.16. The maximum absolute atomic E-state index is 13.8. The van der Waals surface area contributed by atoms with E-state index in [1.54, 1.807) is 6.07 Å². The Bertz CT molecular complexity index is 1200. The largest absolute Gasteiger partial charge is 0.486 e. The van der Waals surface area contributed by atoms with Gasteiger partial charge in [0.2, 0.25) is 0 Å². The number of ether oxygens (including phenoxy) is 1. The van der Waals surface area contributed by atoms with Crippen LogP contribution in [0.15, 0.2) is 46.1 Å². The molecule has 0 spiro atoms. The number of nitrogens with two attached hydrogens (primary N) is 1. The number of carbonyl (C=O) groups excluding carboxylic acids is 2. The Morgan fingerprint density at radius 3 is 2.79 bits per heavy atom. The molecule has 2 aliphatic rings. The van der Waals surface area contributed by atoms with E-state index in [0.29, 0.717) is 5.57 Å². The smallest absolute Gasteiger partial charge is 0.352 e. The van der Waals surface area contributed by atoms with Crippen LogP contribution in [0.25, 0.3) is 0 Å². The number of para-hydroxylation sites is 1.